The topological polar surface area (TPSA) is 56.3 Å². The molecular weight excluding hydrogens is 288 g/mol. The van der Waals surface area contributed by atoms with E-state index in [0.29, 0.717) is 18.2 Å². The second-order valence-electron chi connectivity index (χ2n) is 7.73. The first-order valence-corrected chi connectivity index (χ1v) is 9.07. The average Bonchev–Trinajstić information content (AvgIpc) is 2.83. The summed E-state index contributed by atoms with van der Waals surface area (Å²) < 4.78 is 0. The number of fused-ring (bicyclic) bond motifs is 2. The van der Waals surface area contributed by atoms with Crippen LogP contribution in [0, 0.1) is 24.7 Å². The lowest BCUT2D eigenvalue weighted by Crippen LogP contribution is -2.49. The van der Waals surface area contributed by atoms with Crippen LogP contribution in [-0.2, 0) is 12.8 Å². The van der Waals surface area contributed by atoms with E-state index < -0.39 is 0 Å². The number of aromatic nitrogens is 1. The lowest BCUT2D eigenvalue weighted by atomic mass is 9.72. The summed E-state index contributed by atoms with van der Waals surface area (Å²) in [7, 11) is 0. The first-order valence-electron chi connectivity index (χ1n) is 9.07. The van der Waals surface area contributed by atoms with Crippen LogP contribution in [0.2, 0.25) is 0 Å². The van der Waals surface area contributed by atoms with Crippen molar-refractivity contribution in [2.24, 2.45) is 17.8 Å². The van der Waals surface area contributed by atoms with Crippen molar-refractivity contribution < 1.29 is 9.90 Å². The molecule has 1 aliphatic carbocycles. The highest BCUT2D eigenvalue weighted by Gasteiger charge is 2.41. The predicted octanol–water partition coefficient (Wildman–Crippen LogP) is 2.58. The molecule has 2 N–H and O–H groups in total. The number of nitrogens with one attached hydrogen (secondary N) is 1. The molecule has 2 aliphatic rings. The number of H-pyrrole nitrogens is 1. The van der Waals surface area contributed by atoms with E-state index in [1.165, 1.54) is 11.3 Å². The number of carbonyl (C=O) groups excluding carboxylic acids is 1. The summed E-state index contributed by atoms with van der Waals surface area (Å²) in [6.45, 7) is 10.8. The van der Waals surface area contributed by atoms with Crippen molar-refractivity contribution >= 4 is 5.78 Å². The van der Waals surface area contributed by atoms with E-state index in [1.54, 1.807) is 0 Å². The van der Waals surface area contributed by atoms with Gasteiger partial charge in [-0.05, 0) is 50.1 Å². The van der Waals surface area contributed by atoms with Crippen LogP contribution in [-0.4, -0.2) is 46.5 Å². The Hall–Kier alpha value is -1.13. The Morgan fingerprint density at radius 1 is 1.39 bits per heavy atom. The number of aromatic amines is 1. The molecule has 1 aromatic rings. The molecule has 0 aromatic carbocycles. The van der Waals surface area contributed by atoms with Crippen molar-refractivity contribution in [3.05, 3.63) is 22.5 Å². The number of nitrogens with zero attached hydrogens (tertiary/aromatic N) is 1. The monoisotopic (exact) mass is 318 g/mol. The normalized spacial score (nSPS) is 26.3. The molecular formula is C19H30N2O2. The fourth-order valence-electron chi connectivity index (χ4n) is 4.32. The smallest absolute Gasteiger partial charge is 0.169 e. The van der Waals surface area contributed by atoms with Gasteiger partial charge in [0.15, 0.2) is 5.78 Å². The van der Waals surface area contributed by atoms with Gasteiger partial charge in [-0.3, -0.25) is 4.79 Å². The minimum Gasteiger partial charge on any atom is -0.392 e. The molecule has 4 heteroatoms. The molecule has 0 radical (unpaired) electrons. The molecule has 0 bridgehead atoms. The van der Waals surface area contributed by atoms with Crippen LogP contribution >= 0.6 is 0 Å². The number of rotatable bonds is 4. The molecule has 1 fully saturated rings. The molecule has 4 nitrogen and oxygen atoms in total. The highest BCUT2D eigenvalue weighted by Crippen LogP contribution is 2.38. The maximum absolute atomic E-state index is 13.1. The molecule has 23 heavy (non-hydrogen) atoms. The number of likely N-dealkylation sites (tertiary alicyclic amines) is 1. The van der Waals surface area contributed by atoms with E-state index >= 15 is 0 Å². The van der Waals surface area contributed by atoms with Crippen molar-refractivity contribution in [1.82, 2.24) is 9.88 Å². The number of carbonyl (C=O) groups is 1. The zero-order chi connectivity index (χ0) is 16.7. The van der Waals surface area contributed by atoms with Gasteiger partial charge in [-0.15, -0.1) is 0 Å². The van der Waals surface area contributed by atoms with E-state index in [0.717, 1.165) is 43.6 Å². The number of hydrogen-bond donors (Lipinski definition) is 2. The van der Waals surface area contributed by atoms with E-state index in [1.807, 2.05) is 13.8 Å². The first-order chi connectivity index (χ1) is 10.9. The Morgan fingerprint density at radius 2 is 2.13 bits per heavy atom. The molecule has 0 saturated carbocycles. The van der Waals surface area contributed by atoms with Gasteiger partial charge in [0.1, 0.15) is 0 Å². The maximum Gasteiger partial charge on any atom is 0.169 e. The van der Waals surface area contributed by atoms with Crippen LogP contribution in [0.1, 0.15) is 54.5 Å². The molecule has 1 aliphatic heterocycles. The molecule has 0 amide bonds. The molecule has 2 heterocycles. The SMILES string of the molecule is CCc1c(C)[nH]c2c1C(=O)[C@@H]1CN(CC(O)C(C)C)CC[C@H]1C2. The number of aliphatic hydroxyl groups is 1. The summed E-state index contributed by atoms with van der Waals surface area (Å²) in [5.74, 6) is 1.17. The molecule has 1 saturated heterocycles. The van der Waals surface area contributed by atoms with Gasteiger partial charge in [-0.1, -0.05) is 20.8 Å². The van der Waals surface area contributed by atoms with Gasteiger partial charge in [0.25, 0.3) is 0 Å². The quantitative estimate of drug-likeness (QED) is 0.897. The minimum atomic E-state index is -0.304. The zero-order valence-electron chi connectivity index (χ0n) is 14.9. The van der Waals surface area contributed by atoms with Crippen LogP contribution in [0.4, 0.5) is 0 Å². The van der Waals surface area contributed by atoms with Crippen LogP contribution in [0.5, 0.6) is 0 Å². The summed E-state index contributed by atoms with van der Waals surface area (Å²) >= 11 is 0. The minimum absolute atomic E-state index is 0.108. The summed E-state index contributed by atoms with van der Waals surface area (Å²) in [5, 5.41) is 10.2. The van der Waals surface area contributed by atoms with E-state index in [2.05, 4.69) is 23.7 Å². The largest absolute Gasteiger partial charge is 0.392 e. The number of β-amino-alcohol motifs (C(OH)–C–C–N with tert-alkyl or cyclic N) is 1. The number of aliphatic hydroxyl groups excluding tert-OH is 1. The second-order valence-corrected chi connectivity index (χ2v) is 7.73. The Labute approximate surface area is 139 Å². The molecule has 3 atom stereocenters. The van der Waals surface area contributed by atoms with E-state index in [4.69, 9.17) is 0 Å². The van der Waals surface area contributed by atoms with Gasteiger partial charge in [0, 0.05) is 36.0 Å². The number of piperidine rings is 1. The van der Waals surface area contributed by atoms with Crippen LogP contribution < -0.4 is 0 Å². The van der Waals surface area contributed by atoms with Crippen molar-refractivity contribution in [3.8, 4) is 0 Å². The first kappa shape index (κ1) is 16.7. The van der Waals surface area contributed by atoms with Crippen molar-refractivity contribution in [1.29, 1.82) is 0 Å². The van der Waals surface area contributed by atoms with Gasteiger partial charge in [-0.2, -0.15) is 0 Å². The van der Waals surface area contributed by atoms with Crippen molar-refractivity contribution in [2.75, 3.05) is 19.6 Å². The molecule has 0 spiro atoms. The molecule has 128 valence electrons. The molecule has 1 aromatic heterocycles. The Kier molecular flexibility index (Phi) is 4.65. The summed E-state index contributed by atoms with van der Waals surface area (Å²) in [6, 6.07) is 0. The molecule has 1 unspecified atom stereocenters. The van der Waals surface area contributed by atoms with Gasteiger partial charge in [0.2, 0.25) is 0 Å². The average molecular weight is 318 g/mol. The van der Waals surface area contributed by atoms with Gasteiger partial charge >= 0.3 is 0 Å². The number of Topliss-reactive ketones (excluding diaryl/α,β-unsaturated/α-hetero) is 1. The zero-order valence-corrected chi connectivity index (χ0v) is 14.9. The Balaban J connectivity index is 1.79. The maximum atomic E-state index is 13.1. The highest BCUT2D eigenvalue weighted by molar-refractivity contribution is 6.02. The van der Waals surface area contributed by atoms with Gasteiger partial charge in [0.05, 0.1) is 6.10 Å². The van der Waals surface area contributed by atoms with Crippen molar-refractivity contribution in [2.45, 2.75) is 53.1 Å². The number of hydrogen-bond acceptors (Lipinski definition) is 3. The van der Waals surface area contributed by atoms with Gasteiger partial charge < -0.3 is 15.0 Å². The summed E-state index contributed by atoms with van der Waals surface area (Å²) in [5.41, 5.74) is 4.53. The third-order valence-corrected chi connectivity index (χ3v) is 5.85. The summed E-state index contributed by atoms with van der Waals surface area (Å²) in [4.78, 5) is 18.9. The lowest BCUT2D eigenvalue weighted by Gasteiger charge is -2.41. The predicted molar refractivity (Wildman–Crippen MR) is 91.8 cm³/mol. The third-order valence-electron chi connectivity index (χ3n) is 5.85. The van der Waals surface area contributed by atoms with Crippen molar-refractivity contribution in [3.63, 3.8) is 0 Å². The lowest BCUT2D eigenvalue weighted by molar-refractivity contribution is 0.0356. The second kappa shape index (κ2) is 6.40. The summed E-state index contributed by atoms with van der Waals surface area (Å²) in [6.07, 6.45) is 2.67. The fraction of sp³-hybridized carbons (Fsp3) is 0.737. The van der Waals surface area contributed by atoms with Crippen LogP contribution in [0.15, 0.2) is 0 Å². The third kappa shape index (κ3) is 2.99. The van der Waals surface area contributed by atoms with E-state index in [-0.39, 0.29) is 17.9 Å². The van der Waals surface area contributed by atoms with E-state index in [9.17, 15) is 9.90 Å². The fourth-order valence-corrected chi connectivity index (χ4v) is 4.32. The van der Waals surface area contributed by atoms with Gasteiger partial charge in [-0.25, -0.2) is 0 Å². The molecule has 3 rings (SSSR count). The number of aryl methyl sites for hydroxylation is 1. The Morgan fingerprint density at radius 3 is 2.78 bits per heavy atom. The van der Waals surface area contributed by atoms with Crippen LogP contribution in [0.3, 0.4) is 0 Å². The standard InChI is InChI=1S/C19H30N2O2/c1-5-14-12(4)20-16-8-13-6-7-21(10-17(22)11(2)3)9-15(13)19(23)18(14)16/h11,13,15,17,20,22H,5-10H2,1-4H3/t13-,15+,17?/m0/s1. The highest BCUT2D eigenvalue weighted by atomic mass is 16.3. The van der Waals surface area contributed by atoms with Crippen LogP contribution in [0.25, 0.3) is 0 Å². The number of ketones is 1. The Bertz CT molecular complexity index is 590.